The van der Waals surface area contributed by atoms with Crippen molar-refractivity contribution in [1.29, 1.82) is 0 Å². The molecule has 1 saturated carbocycles. The summed E-state index contributed by atoms with van der Waals surface area (Å²) in [4.78, 5) is 20.5. The Morgan fingerprint density at radius 1 is 0.929 bits per heavy atom. The third-order valence-corrected chi connectivity index (χ3v) is 8.03. The first-order chi connectivity index (χ1) is 13.7. The molecular formula is C23H41N3O2. The van der Waals surface area contributed by atoms with Crippen molar-refractivity contribution in [2.75, 3.05) is 66.1 Å². The molecule has 4 fully saturated rings. The largest absolute Gasteiger partial charge is 0.383 e. The van der Waals surface area contributed by atoms with Crippen molar-refractivity contribution in [1.82, 2.24) is 14.7 Å². The standard InChI is InChI=1S/C23H41N3O2/c1-28-16-15-24-12-7-20(8-13-24)17-25-14-10-23(18-25)9-4-11-26(19-23)22(27)21-5-2-3-6-21/h20-21H,2-19H2,1H3/t23-/m1/s1. The number of rotatable bonds is 6. The number of nitrogens with zero attached hydrogens (tertiary/aromatic N) is 3. The summed E-state index contributed by atoms with van der Waals surface area (Å²) in [7, 11) is 1.80. The zero-order valence-electron chi connectivity index (χ0n) is 18.0. The first kappa shape index (κ1) is 20.6. The summed E-state index contributed by atoms with van der Waals surface area (Å²) in [5, 5.41) is 0. The minimum atomic E-state index is 0.343. The van der Waals surface area contributed by atoms with E-state index >= 15 is 0 Å². The summed E-state index contributed by atoms with van der Waals surface area (Å²) in [6.07, 6.45) is 11.3. The number of carbonyl (C=O) groups is 1. The average molecular weight is 392 g/mol. The first-order valence-electron chi connectivity index (χ1n) is 11.9. The topological polar surface area (TPSA) is 36.0 Å². The highest BCUT2D eigenvalue weighted by Gasteiger charge is 2.43. The van der Waals surface area contributed by atoms with Crippen molar-refractivity contribution in [3.63, 3.8) is 0 Å². The minimum absolute atomic E-state index is 0.343. The molecule has 28 heavy (non-hydrogen) atoms. The fourth-order valence-electron chi connectivity index (χ4n) is 6.32. The summed E-state index contributed by atoms with van der Waals surface area (Å²) >= 11 is 0. The second kappa shape index (κ2) is 9.44. The summed E-state index contributed by atoms with van der Waals surface area (Å²) in [5.74, 6) is 1.68. The van der Waals surface area contributed by atoms with Gasteiger partial charge >= 0.3 is 0 Å². The van der Waals surface area contributed by atoms with Crippen molar-refractivity contribution in [3.8, 4) is 0 Å². The van der Waals surface area contributed by atoms with Gasteiger partial charge in [0, 0.05) is 51.2 Å². The molecule has 160 valence electrons. The molecule has 0 bridgehead atoms. The smallest absolute Gasteiger partial charge is 0.225 e. The lowest BCUT2D eigenvalue weighted by molar-refractivity contribution is -0.138. The van der Waals surface area contributed by atoms with Crippen LogP contribution in [0, 0.1) is 17.3 Å². The number of methoxy groups -OCH3 is 1. The number of piperidine rings is 2. The maximum atomic E-state index is 12.9. The predicted octanol–water partition coefficient (Wildman–Crippen LogP) is 2.85. The van der Waals surface area contributed by atoms with Gasteiger partial charge in [0.25, 0.3) is 0 Å². The van der Waals surface area contributed by atoms with Crippen LogP contribution in [0.2, 0.25) is 0 Å². The minimum Gasteiger partial charge on any atom is -0.383 e. The lowest BCUT2D eigenvalue weighted by Gasteiger charge is -2.42. The molecule has 4 rings (SSSR count). The van der Waals surface area contributed by atoms with Gasteiger partial charge in [-0.15, -0.1) is 0 Å². The van der Waals surface area contributed by atoms with Crippen LogP contribution in [-0.4, -0.2) is 86.7 Å². The molecule has 0 radical (unpaired) electrons. The number of ether oxygens (including phenoxy) is 1. The van der Waals surface area contributed by atoms with Gasteiger partial charge in [-0.1, -0.05) is 12.8 Å². The zero-order chi connectivity index (χ0) is 19.4. The molecule has 0 aromatic rings. The fraction of sp³-hybridized carbons (Fsp3) is 0.957. The van der Waals surface area contributed by atoms with Gasteiger partial charge in [-0.25, -0.2) is 0 Å². The van der Waals surface area contributed by atoms with E-state index in [2.05, 4.69) is 14.7 Å². The van der Waals surface area contributed by atoms with E-state index in [9.17, 15) is 4.79 Å². The van der Waals surface area contributed by atoms with Crippen LogP contribution in [0.4, 0.5) is 0 Å². The van der Waals surface area contributed by atoms with Gasteiger partial charge in [-0.05, 0) is 70.5 Å². The number of likely N-dealkylation sites (tertiary alicyclic amines) is 3. The van der Waals surface area contributed by atoms with E-state index in [0.29, 0.717) is 17.2 Å². The third kappa shape index (κ3) is 4.91. The van der Waals surface area contributed by atoms with E-state index in [1.165, 1.54) is 77.7 Å². The molecule has 0 aromatic heterocycles. The molecule has 1 amide bonds. The number of amides is 1. The van der Waals surface area contributed by atoms with Crippen LogP contribution in [0.1, 0.15) is 57.8 Å². The Morgan fingerprint density at radius 3 is 2.46 bits per heavy atom. The van der Waals surface area contributed by atoms with Crippen LogP contribution in [-0.2, 0) is 9.53 Å². The van der Waals surface area contributed by atoms with Crippen LogP contribution in [0.3, 0.4) is 0 Å². The lowest BCUT2D eigenvalue weighted by atomic mass is 9.79. The Balaban J connectivity index is 1.23. The highest BCUT2D eigenvalue weighted by molar-refractivity contribution is 5.79. The second-order valence-corrected chi connectivity index (χ2v) is 10.1. The average Bonchev–Trinajstić information content (AvgIpc) is 3.38. The highest BCUT2D eigenvalue weighted by Crippen LogP contribution is 2.40. The van der Waals surface area contributed by atoms with Gasteiger partial charge in [0.15, 0.2) is 0 Å². The first-order valence-corrected chi connectivity index (χ1v) is 11.9. The molecule has 1 aliphatic carbocycles. The molecule has 4 aliphatic rings. The Bertz CT molecular complexity index is 514. The van der Waals surface area contributed by atoms with Crippen molar-refractivity contribution in [2.24, 2.45) is 17.3 Å². The molecule has 0 N–H and O–H groups in total. The van der Waals surface area contributed by atoms with Gasteiger partial charge in [-0.3, -0.25) is 4.79 Å². The summed E-state index contributed by atoms with van der Waals surface area (Å²) in [6, 6.07) is 0. The molecule has 3 saturated heterocycles. The monoisotopic (exact) mass is 391 g/mol. The van der Waals surface area contributed by atoms with E-state index in [4.69, 9.17) is 4.74 Å². The van der Waals surface area contributed by atoms with Crippen LogP contribution in [0.15, 0.2) is 0 Å². The second-order valence-electron chi connectivity index (χ2n) is 10.1. The van der Waals surface area contributed by atoms with Gasteiger partial charge in [-0.2, -0.15) is 0 Å². The maximum Gasteiger partial charge on any atom is 0.225 e. The van der Waals surface area contributed by atoms with Crippen molar-refractivity contribution >= 4 is 5.91 Å². The normalized spacial score (nSPS) is 31.2. The molecule has 3 heterocycles. The quantitative estimate of drug-likeness (QED) is 0.698. The Labute approximate surface area is 171 Å². The van der Waals surface area contributed by atoms with Crippen molar-refractivity contribution in [3.05, 3.63) is 0 Å². The summed E-state index contributed by atoms with van der Waals surface area (Å²) in [6.45, 7) is 10.2. The Kier molecular flexibility index (Phi) is 6.95. The highest BCUT2D eigenvalue weighted by atomic mass is 16.5. The number of carbonyl (C=O) groups excluding carboxylic acids is 1. The summed E-state index contributed by atoms with van der Waals surface area (Å²) in [5.41, 5.74) is 0.395. The van der Waals surface area contributed by atoms with E-state index in [0.717, 1.165) is 45.0 Å². The van der Waals surface area contributed by atoms with E-state index in [1.807, 2.05) is 0 Å². The molecular weight excluding hydrogens is 350 g/mol. The molecule has 5 nitrogen and oxygen atoms in total. The third-order valence-electron chi connectivity index (χ3n) is 8.03. The van der Waals surface area contributed by atoms with Gasteiger partial charge in [0.2, 0.25) is 5.91 Å². The summed E-state index contributed by atoms with van der Waals surface area (Å²) < 4.78 is 5.22. The molecule has 3 aliphatic heterocycles. The molecule has 1 spiro atoms. The van der Waals surface area contributed by atoms with E-state index < -0.39 is 0 Å². The zero-order valence-corrected chi connectivity index (χ0v) is 18.0. The Morgan fingerprint density at radius 2 is 1.71 bits per heavy atom. The SMILES string of the molecule is COCCN1CCC(CN2CC[C@]3(CCCN(C(=O)C4CCCC4)C3)C2)CC1. The van der Waals surface area contributed by atoms with Gasteiger partial charge in [0.1, 0.15) is 0 Å². The lowest BCUT2D eigenvalue weighted by Crippen LogP contribution is -2.49. The molecule has 1 atom stereocenters. The van der Waals surface area contributed by atoms with Crippen molar-refractivity contribution < 1.29 is 9.53 Å². The van der Waals surface area contributed by atoms with Crippen LogP contribution in [0.5, 0.6) is 0 Å². The van der Waals surface area contributed by atoms with Gasteiger partial charge < -0.3 is 19.4 Å². The van der Waals surface area contributed by atoms with Crippen molar-refractivity contribution in [2.45, 2.75) is 57.8 Å². The predicted molar refractivity (Wildman–Crippen MR) is 112 cm³/mol. The fourth-order valence-corrected chi connectivity index (χ4v) is 6.32. The molecule has 5 heteroatoms. The van der Waals surface area contributed by atoms with Crippen LogP contribution >= 0.6 is 0 Å². The maximum absolute atomic E-state index is 12.9. The number of hydrogen-bond acceptors (Lipinski definition) is 4. The van der Waals surface area contributed by atoms with Crippen LogP contribution < -0.4 is 0 Å². The van der Waals surface area contributed by atoms with Gasteiger partial charge in [0.05, 0.1) is 6.61 Å². The molecule has 0 unspecified atom stereocenters. The van der Waals surface area contributed by atoms with E-state index in [-0.39, 0.29) is 0 Å². The van der Waals surface area contributed by atoms with E-state index in [1.54, 1.807) is 7.11 Å². The number of hydrogen-bond donors (Lipinski definition) is 0. The Hall–Kier alpha value is -0.650. The van der Waals surface area contributed by atoms with Crippen LogP contribution in [0.25, 0.3) is 0 Å². The molecule has 0 aromatic carbocycles.